The van der Waals surface area contributed by atoms with Gasteiger partial charge in [-0.25, -0.2) is 8.78 Å². The molecule has 1 rings (SSSR count). The molecule has 0 aliphatic rings. The van der Waals surface area contributed by atoms with Crippen LogP contribution in [0.1, 0.15) is 19.4 Å². The standard InChI is InChI=1S/C9H8ClF2/c1-5(2)6-3-7(11)9(10)8(12)4-6/h3-4H,1-2H3. The Balaban J connectivity index is 3.21. The highest BCUT2D eigenvalue weighted by atomic mass is 35.5. The van der Waals surface area contributed by atoms with Crippen LogP contribution in [-0.2, 0) is 0 Å². The third kappa shape index (κ3) is 1.75. The second kappa shape index (κ2) is 3.40. The SMILES string of the molecule is C[C](C)c1cc(F)c(Cl)c(F)c1. The summed E-state index contributed by atoms with van der Waals surface area (Å²) in [6.45, 7) is 3.56. The molecule has 0 saturated carbocycles. The normalized spacial score (nSPS) is 10.8. The van der Waals surface area contributed by atoms with Crippen LogP contribution >= 0.6 is 11.6 Å². The minimum Gasteiger partial charge on any atom is -0.205 e. The van der Waals surface area contributed by atoms with Crippen molar-refractivity contribution in [1.29, 1.82) is 0 Å². The van der Waals surface area contributed by atoms with Crippen molar-refractivity contribution in [2.75, 3.05) is 0 Å². The summed E-state index contributed by atoms with van der Waals surface area (Å²) in [6, 6.07) is 2.45. The summed E-state index contributed by atoms with van der Waals surface area (Å²) in [7, 11) is 0. The van der Waals surface area contributed by atoms with Crippen molar-refractivity contribution < 1.29 is 8.78 Å². The average molecular weight is 190 g/mol. The van der Waals surface area contributed by atoms with Crippen LogP contribution in [0.4, 0.5) is 8.78 Å². The van der Waals surface area contributed by atoms with E-state index in [9.17, 15) is 8.78 Å². The Kier molecular flexibility index (Phi) is 2.68. The Morgan fingerprint density at radius 1 is 1.17 bits per heavy atom. The zero-order chi connectivity index (χ0) is 9.30. The minimum absolute atomic E-state index is 0.444. The van der Waals surface area contributed by atoms with Gasteiger partial charge in [0.1, 0.15) is 16.7 Å². The molecule has 0 fully saturated rings. The van der Waals surface area contributed by atoms with Crippen LogP contribution in [0.3, 0.4) is 0 Å². The predicted octanol–water partition coefficient (Wildman–Crippen LogP) is 3.58. The quantitative estimate of drug-likeness (QED) is 0.593. The van der Waals surface area contributed by atoms with Crippen LogP contribution in [0.5, 0.6) is 0 Å². The number of hydrogen-bond donors (Lipinski definition) is 0. The molecular formula is C9H8ClF2. The van der Waals surface area contributed by atoms with E-state index in [0.717, 1.165) is 5.92 Å². The van der Waals surface area contributed by atoms with Crippen LogP contribution in [0.15, 0.2) is 12.1 Å². The fourth-order valence-electron chi connectivity index (χ4n) is 0.844. The first-order valence-electron chi connectivity index (χ1n) is 3.47. The minimum atomic E-state index is -0.715. The summed E-state index contributed by atoms with van der Waals surface area (Å²) in [4.78, 5) is 0. The number of benzene rings is 1. The average Bonchev–Trinajstić information content (AvgIpc) is 1.99. The van der Waals surface area contributed by atoms with Gasteiger partial charge in [0.05, 0.1) is 0 Å². The lowest BCUT2D eigenvalue weighted by atomic mass is 10.0. The zero-order valence-electron chi connectivity index (χ0n) is 6.79. The molecule has 0 amide bonds. The van der Waals surface area contributed by atoms with Crippen LogP contribution in [0, 0.1) is 17.6 Å². The molecule has 0 N–H and O–H groups in total. The third-order valence-electron chi connectivity index (χ3n) is 1.56. The molecule has 0 aliphatic heterocycles. The Hall–Kier alpha value is -0.630. The van der Waals surface area contributed by atoms with E-state index in [1.807, 2.05) is 0 Å². The van der Waals surface area contributed by atoms with E-state index in [0.29, 0.717) is 5.56 Å². The highest BCUT2D eigenvalue weighted by Crippen LogP contribution is 2.23. The Morgan fingerprint density at radius 2 is 1.58 bits per heavy atom. The molecule has 1 aromatic rings. The molecule has 3 heteroatoms. The number of halogens is 3. The first kappa shape index (κ1) is 9.46. The lowest BCUT2D eigenvalue weighted by Gasteiger charge is -2.05. The van der Waals surface area contributed by atoms with E-state index in [-0.39, 0.29) is 0 Å². The molecule has 0 atom stereocenters. The second-order valence-corrected chi connectivity index (χ2v) is 3.13. The first-order valence-corrected chi connectivity index (χ1v) is 3.85. The summed E-state index contributed by atoms with van der Waals surface area (Å²) in [5.41, 5.74) is 0.536. The summed E-state index contributed by atoms with van der Waals surface area (Å²) in [6.07, 6.45) is 0. The van der Waals surface area contributed by atoms with Crippen LogP contribution in [-0.4, -0.2) is 0 Å². The van der Waals surface area contributed by atoms with Crippen LogP contribution in [0.25, 0.3) is 0 Å². The van der Waals surface area contributed by atoms with Crippen molar-refractivity contribution >= 4 is 11.6 Å². The predicted molar refractivity (Wildman–Crippen MR) is 45.1 cm³/mol. The highest BCUT2D eigenvalue weighted by molar-refractivity contribution is 6.30. The van der Waals surface area contributed by atoms with Crippen molar-refractivity contribution in [3.63, 3.8) is 0 Å². The molecule has 0 aromatic heterocycles. The molecule has 12 heavy (non-hydrogen) atoms. The van der Waals surface area contributed by atoms with Gasteiger partial charge in [0.25, 0.3) is 0 Å². The second-order valence-electron chi connectivity index (χ2n) is 2.75. The van der Waals surface area contributed by atoms with E-state index in [4.69, 9.17) is 11.6 Å². The molecule has 0 nitrogen and oxygen atoms in total. The molecule has 0 bridgehead atoms. The van der Waals surface area contributed by atoms with E-state index in [2.05, 4.69) is 0 Å². The molecule has 0 aliphatic carbocycles. The molecule has 0 saturated heterocycles. The van der Waals surface area contributed by atoms with Crippen molar-refractivity contribution in [3.05, 3.63) is 40.3 Å². The molecule has 1 aromatic carbocycles. The molecule has 0 unspecified atom stereocenters. The Morgan fingerprint density at radius 3 is 1.92 bits per heavy atom. The van der Waals surface area contributed by atoms with Gasteiger partial charge < -0.3 is 0 Å². The van der Waals surface area contributed by atoms with Gasteiger partial charge in [-0.05, 0) is 23.6 Å². The smallest absolute Gasteiger partial charge is 0.145 e. The van der Waals surface area contributed by atoms with Crippen LogP contribution < -0.4 is 0 Å². The summed E-state index contributed by atoms with van der Waals surface area (Å²) >= 11 is 5.30. The summed E-state index contributed by atoms with van der Waals surface area (Å²) < 4.78 is 25.6. The maximum absolute atomic E-state index is 12.8. The lowest BCUT2D eigenvalue weighted by Crippen LogP contribution is -1.93. The fourth-order valence-corrected chi connectivity index (χ4v) is 0.953. The highest BCUT2D eigenvalue weighted by Gasteiger charge is 2.10. The fraction of sp³-hybridized carbons (Fsp3) is 0.222. The van der Waals surface area contributed by atoms with E-state index in [1.54, 1.807) is 13.8 Å². The van der Waals surface area contributed by atoms with Crippen molar-refractivity contribution in [3.8, 4) is 0 Å². The van der Waals surface area contributed by atoms with Crippen molar-refractivity contribution in [2.24, 2.45) is 0 Å². The van der Waals surface area contributed by atoms with Gasteiger partial charge in [-0.3, -0.25) is 0 Å². The molecule has 0 heterocycles. The number of rotatable bonds is 1. The van der Waals surface area contributed by atoms with E-state index < -0.39 is 16.7 Å². The topological polar surface area (TPSA) is 0 Å². The molecule has 0 spiro atoms. The largest absolute Gasteiger partial charge is 0.205 e. The molecule has 1 radical (unpaired) electrons. The van der Waals surface area contributed by atoms with Gasteiger partial charge in [0.15, 0.2) is 0 Å². The lowest BCUT2D eigenvalue weighted by molar-refractivity contribution is 0.581. The Labute approximate surface area is 75.2 Å². The van der Waals surface area contributed by atoms with E-state index >= 15 is 0 Å². The van der Waals surface area contributed by atoms with E-state index in [1.165, 1.54) is 12.1 Å². The van der Waals surface area contributed by atoms with Gasteiger partial charge in [-0.1, -0.05) is 25.4 Å². The number of hydrogen-bond acceptors (Lipinski definition) is 0. The van der Waals surface area contributed by atoms with Crippen molar-refractivity contribution in [2.45, 2.75) is 13.8 Å². The first-order chi connectivity index (χ1) is 5.52. The third-order valence-corrected chi connectivity index (χ3v) is 1.92. The van der Waals surface area contributed by atoms with Crippen molar-refractivity contribution in [1.82, 2.24) is 0 Å². The Bertz CT molecular complexity index is 272. The maximum atomic E-state index is 12.8. The van der Waals surface area contributed by atoms with Gasteiger partial charge in [0.2, 0.25) is 0 Å². The molecular weight excluding hydrogens is 182 g/mol. The van der Waals surface area contributed by atoms with Gasteiger partial charge in [-0.2, -0.15) is 0 Å². The molecule has 65 valence electrons. The monoisotopic (exact) mass is 189 g/mol. The summed E-state index contributed by atoms with van der Waals surface area (Å²) in [5, 5.41) is -0.444. The summed E-state index contributed by atoms with van der Waals surface area (Å²) in [5.74, 6) is -0.579. The van der Waals surface area contributed by atoms with Gasteiger partial charge >= 0.3 is 0 Å². The van der Waals surface area contributed by atoms with Gasteiger partial charge in [0, 0.05) is 0 Å². The zero-order valence-corrected chi connectivity index (χ0v) is 7.54. The van der Waals surface area contributed by atoms with Crippen LogP contribution in [0.2, 0.25) is 5.02 Å². The van der Waals surface area contributed by atoms with Gasteiger partial charge in [-0.15, -0.1) is 0 Å². The maximum Gasteiger partial charge on any atom is 0.145 e.